The third-order valence-corrected chi connectivity index (χ3v) is 2.12. The molecule has 0 fully saturated rings. The van der Waals surface area contributed by atoms with E-state index in [-0.39, 0.29) is 0 Å². The zero-order valence-corrected chi connectivity index (χ0v) is 8.08. The maximum atomic E-state index is 5.99. The van der Waals surface area contributed by atoms with Crippen molar-refractivity contribution < 1.29 is 4.74 Å². The minimum atomic E-state index is -0.492. The number of hydrogen-bond acceptors (Lipinski definition) is 2. The lowest BCUT2D eigenvalue weighted by Gasteiger charge is -2.20. The molecule has 1 aromatic rings. The van der Waals surface area contributed by atoms with Gasteiger partial charge in [0.2, 0.25) is 0 Å². The molecule has 0 aliphatic carbocycles. The average Bonchev–Trinajstić information content (AvgIpc) is 2.18. The summed E-state index contributed by atoms with van der Waals surface area (Å²) in [7, 11) is 1.64. The molecule has 0 aliphatic rings. The first-order chi connectivity index (χ1) is 6.10. The van der Waals surface area contributed by atoms with E-state index in [1.165, 1.54) is 0 Å². The van der Waals surface area contributed by atoms with Gasteiger partial charge in [-0.15, -0.1) is 6.58 Å². The summed E-state index contributed by atoms with van der Waals surface area (Å²) in [5.74, 6) is 0.816. The van der Waals surface area contributed by atoms with Crippen molar-refractivity contribution in [1.82, 2.24) is 0 Å². The zero-order chi connectivity index (χ0) is 9.90. The summed E-state index contributed by atoms with van der Waals surface area (Å²) in [5.41, 5.74) is 6.50. The van der Waals surface area contributed by atoms with Gasteiger partial charge in [-0.3, -0.25) is 0 Å². The van der Waals surface area contributed by atoms with Crippen LogP contribution in [0.3, 0.4) is 0 Å². The van der Waals surface area contributed by atoms with Gasteiger partial charge in [0.15, 0.2) is 0 Å². The largest absolute Gasteiger partial charge is 0.497 e. The van der Waals surface area contributed by atoms with Gasteiger partial charge in [-0.25, -0.2) is 0 Å². The molecule has 0 unspecified atom stereocenters. The fourth-order valence-corrected chi connectivity index (χ4v) is 1.08. The SMILES string of the molecule is C=C[C@](C)(N)c1cccc(OC)c1. The summed E-state index contributed by atoms with van der Waals surface area (Å²) >= 11 is 0. The topological polar surface area (TPSA) is 35.2 Å². The number of hydrogen-bond donors (Lipinski definition) is 1. The van der Waals surface area contributed by atoms with E-state index >= 15 is 0 Å². The molecule has 0 spiro atoms. The fraction of sp³-hybridized carbons (Fsp3) is 0.273. The van der Waals surface area contributed by atoms with Gasteiger partial charge in [-0.05, 0) is 24.6 Å². The molecular weight excluding hydrogens is 162 g/mol. The monoisotopic (exact) mass is 177 g/mol. The average molecular weight is 177 g/mol. The van der Waals surface area contributed by atoms with Crippen LogP contribution in [0.15, 0.2) is 36.9 Å². The maximum absolute atomic E-state index is 5.99. The van der Waals surface area contributed by atoms with Crippen LogP contribution >= 0.6 is 0 Å². The highest BCUT2D eigenvalue weighted by Crippen LogP contribution is 2.22. The first-order valence-electron chi connectivity index (χ1n) is 4.17. The Balaban J connectivity index is 3.08. The van der Waals surface area contributed by atoms with E-state index in [4.69, 9.17) is 10.5 Å². The Bertz CT molecular complexity index is 305. The molecule has 0 bridgehead atoms. The number of benzene rings is 1. The highest BCUT2D eigenvalue weighted by Gasteiger charge is 2.16. The Kier molecular flexibility index (Phi) is 2.73. The standard InChI is InChI=1S/C11H15NO/c1-4-11(2,12)9-6-5-7-10(8-9)13-3/h4-8H,1,12H2,2-3H3/t11-/m0/s1. The second kappa shape index (κ2) is 3.62. The van der Waals surface area contributed by atoms with E-state index in [0.29, 0.717) is 0 Å². The van der Waals surface area contributed by atoms with Crippen molar-refractivity contribution in [1.29, 1.82) is 0 Å². The quantitative estimate of drug-likeness (QED) is 0.717. The molecule has 0 saturated heterocycles. The molecule has 0 saturated carbocycles. The van der Waals surface area contributed by atoms with Crippen molar-refractivity contribution >= 4 is 0 Å². The summed E-state index contributed by atoms with van der Waals surface area (Å²) in [5, 5.41) is 0. The summed E-state index contributed by atoms with van der Waals surface area (Å²) in [6.07, 6.45) is 1.72. The van der Waals surface area contributed by atoms with Crippen molar-refractivity contribution in [3.8, 4) is 5.75 Å². The predicted octanol–water partition coefficient (Wildman–Crippen LogP) is 2.06. The molecule has 2 N–H and O–H groups in total. The van der Waals surface area contributed by atoms with E-state index in [0.717, 1.165) is 11.3 Å². The fourth-order valence-electron chi connectivity index (χ4n) is 1.08. The molecule has 2 nitrogen and oxygen atoms in total. The lowest BCUT2D eigenvalue weighted by Crippen LogP contribution is -2.29. The molecular formula is C11H15NO. The minimum absolute atomic E-state index is 0.492. The molecule has 1 rings (SSSR count). The van der Waals surface area contributed by atoms with Crippen LogP contribution in [-0.2, 0) is 5.54 Å². The summed E-state index contributed by atoms with van der Waals surface area (Å²) in [6, 6.07) is 7.69. The maximum Gasteiger partial charge on any atom is 0.119 e. The Morgan fingerprint density at radius 1 is 1.54 bits per heavy atom. The normalized spacial score (nSPS) is 14.7. The number of ether oxygens (including phenoxy) is 1. The van der Waals surface area contributed by atoms with Crippen molar-refractivity contribution in [2.24, 2.45) is 5.73 Å². The number of rotatable bonds is 3. The Morgan fingerprint density at radius 2 is 2.23 bits per heavy atom. The van der Waals surface area contributed by atoms with Crippen LogP contribution in [-0.4, -0.2) is 7.11 Å². The molecule has 70 valence electrons. The highest BCUT2D eigenvalue weighted by atomic mass is 16.5. The van der Waals surface area contributed by atoms with Crippen molar-refractivity contribution in [3.05, 3.63) is 42.5 Å². The van der Waals surface area contributed by atoms with Crippen LogP contribution in [0, 0.1) is 0 Å². The van der Waals surface area contributed by atoms with Crippen LogP contribution in [0.2, 0.25) is 0 Å². The van der Waals surface area contributed by atoms with Crippen LogP contribution in [0.1, 0.15) is 12.5 Å². The van der Waals surface area contributed by atoms with E-state index in [1.807, 2.05) is 31.2 Å². The molecule has 0 amide bonds. The Hall–Kier alpha value is -1.28. The summed E-state index contributed by atoms with van der Waals surface area (Å²) in [4.78, 5) is 0. The first kappa shape index (κ1) is 9.81. The van der Waals surface area contributed by atoms with Crippen molar-refractivity contribution in [2.75, 3.05) is 7.11 Å². The Morgan fingerprint density at radius 3 is 2.77 bits per heavy atom. The number of methoxy groups -OCH3 is 1. The van der Waals surface area contributed by atoms with E-state index in [9.17, 15) is 0 Å². The second-order valence-electron chi connectivity index (χ2n) is 3.22. The van der Waals surface area contributed by atoms with Crippen molar-refractivity contribution in [3.63, 3.8) is 0 Å². The molecule has 0 heterocycles. The summed E-state index contributed by atoms with van der Waals surface area (Å²) < 4.78 is 5.10. The molecule has 1 atom stereocenters. The number of nitrogens with two attached hydrogens (primary N) is 1. The second-order valence-corrected chi connectivity index (χ2v) is 3.22. The molecule has 0 radical (unpaired) electrons. The minimum Gasteiger partial charge on any atom is -0.497 e. The van der Waals surface area contributed by atoms with Gasteiger partial charge in [0.25, 0.3) is 0 Å². The van der Waals surface area contributed by atoms with Gasteiger partial charge in [0, 0.05) is 0 Å². The molecule has 1 aromatic carbocycles. The van der Waals surface area contributed by atoms with Crippen LogP contribution in [0.5, 0.6) is 5.75 Å². The van der Waals surface area contributed by atoms with E-state index in [1.54, 1.807) is 13.2 Å². The van der Waals surface area contributed by atoms with Gasteiger partial charge < -0.3 is 10.5 Å². The van der Waals surface area contributed by atoms with Gasteiger partial charge in [-0.2, -0.15) is 0 Å². The Labute approximate surface area is 79.0 Å². The third kappa shape index (κ3) is 2.10. The smallest absolute Gasteiger partial charge is 0.119 e. The van der Waals surface area contributed by atoms with Crippen molar-refractivity contribution in [2.45, 2.75) is 12.5 Å². The highest BCUT2D eigenvalue weighted by molar-refractivity contribution is 5.35. The lowest BCUT2D eigenvalue weighted by atomic mass is 9.93. The third-order valence-electron chi connectivity index (χ3n) is 2.12. The first-order valence-corrected chi connectivity index (χ1v) is 4.17. The molecule has 0 aliphatic heterocycles. The van der Waals surface area contributed by atoms with Crippen LogP contribution in [0.4, 0.5) is 0 Å². The van der Waals surface area contributed by atoms with Crippen LogP contribution < -0.4 is 10.5 Å². The summed E-state index contributed by atoms with van der Waals surface area (Å²) in [6.45, 7) is 5.61. The molecule has 0 aromatic heterocycles. The van der Waals surface area contributed by atoms with Crippen LogP contribution in [0.25, 0.3) is 0 Å². The lowest BCUT2D eigenvalue weighted by molar-refractivity contribution is 0.413. The molecule has 13 heavy (non-hydrogen) atoms. The van der Waals surface area contributed by atoms with Gasteiger partial charge in [-0.1, -0.05) is 18.2 Å². The zero-order valence-electron chi connectivity index (χ0n) is 8.08. The van der Waals surface area contributed by atoms with E-state index < -0.39 is 5.54 Å². The van der Waals surface area contributed by atoms with Gasteiger partial charge in [0.05, 0.1) is 12.6 Å². The molecule has 2 heteroatoms. The predicted molar refractivity (Wildman–Crippen MR) is 54.7 cm³/mol. The van der Waals surface area contributed by atoms with Gasteiger partial charge >= 0.3 is 0 Å². The van der Waals surface area contributed by atoms with E-state index in [2.05, 4.69) is 6.58 Å². The van der Waals surface area contributed by atoms with Gasteiger partial charge in [0.1, 0.15) is 5.75 Å².